The summed E-state index contributed by atoms with van der Waals surface area (Å²) in [5.74, 6) is -0.568. The second-order valence-corrected chi connectivity index (χ2v) is 8.49. The highest BCUT2D eigenvalue weighted by Gasteiger charge is 2.33. The van der Waals surface area contributed by atoms with Crippen molar-refractivity contribution in [1.82, 2.24) is 4.90 Å². The predicted octanol–water partition coefficient (Wildman–Crippen LogP) is 5.58. The number of nitrogens with zero attached hydrogens (tertiary/aromatic N) is 1. The summed E-state index contributed by atoms with van der Waals surface area (Å²) >= 11 is 6.26. The fraction of sp³-hybridized carbons (Fsp3) is 0.111. The topological polar surface area (TPSA) is 58.6 Å². The van der Waals surface area contributed by atoms with E-state index in [4.69, 9.17) is 16.3 Å². The van der Waals surface area contributed by atoms with E-state index >= 15 is 0 Å². The smallest absolute Gasteiger partial charge is 0.261 e. The summed E-state index contributed by atoms with van der Waals surface area (Å²) in [6.45, 7) is -0.451. The first kappa shape index (κ1) is 21.9. The molecule has 1 heterocycles. The number of fused-ring (bicyclic) bond motifs is 2. The average Bonchev–Trinajstić information content (AvgIpc) is 2.98. The van der Waals surface area contributed by atoms with Crippen LogP contribution < -0.4 is 10.1 Å². The van der Waals surface area contributed by atoms with Crippen LogP contribution in [0.4, 0.5) is 10.1 Å². The largest absolute Gasteiger partial charge is 0.484 e. The number of anilines is 1. The molecule has 0 bridgehead atoms. The van der Waals surface area contributed by atoms with Gasteiger partial charge in [-0.3, -0.25) is 9.59 Å². The normalized spacial score (nSPS) is 15.4. The number of benzene rings is 4. The summed E-state index contributed by atoms with van der Waals surface area (Å²) in [5, 5.41) is 5.35. The van der Waals surface area contributed by atoms with Crippen LogP contribution in [0.1, 0.15) is 17.2 Å². The van der Waals surface area contributed by atoms with Gasteiger partial charge < -0.3 is 15.0 Å². The van der Waals surface area contributed by atoms with E-state index in [1.165, 1.54) is 17.0 Å². The minimum atomic E-state index is -0.652. The van der Waals surface area contributed by atoms with E-state index in [1.807, 2.05) is 36.4 Å². The van der Waals surface area contributed by atoms with Crippen LogP contribution in [0, 0.1) is 5.82 Å². The Morgan fingerprint density at radius 1 is 1.00 bits per heavy atom. The molecule has 0 fully saturated rings. The SMILES string of the molecule is O=C1CN(C(=O)COc2ccc3ccccc3c2)[C@@H](c2ccc(F)cc2)c2cc(Cl)ccc2N1. The molecular formula is C27H20ClFN2O3. The number of amides is 2. The highest BCUT2D eigenvalue weighted by Crippen LogP contribution is 2.37. The Morgan fingerprint density at radius 2 is 1.76 bits per heavy atom. The van der Waals surface area contributed by atoms with Crippen molar-refractivity contribution in [2.45, 2.75) is 6.04 Å². The molecule has 0 radical (unpaired) electrons. The van der Waals surface area contributed by atoms with Crippen LogP contribution in [0.3, 0.4) is 0 Å². The Balaban J connectivity index is 1.48. The Morgan fingerprint density at radius 3 is 2.56 bits per heavy atom. The summed E-state index contributed by atoms with van der Waals surface area (Å²) in [7, 11) is 0. The van der Waals surface area contributed by atoms with Crippen LogP contribution in [-0.2, 0) is 9.59 Å². The zero-order valence-corrected chi connectivity index (χ0v) is 18.8. The molecule has 4 aromatic carbocycles. The molecule has 34 heavy (non-hydrogen) atoms. The molecule has 1 N–H and O–H groups in total. The van der Waals surface area contributed by atoms with Crippen LogP contribution >= 0.6 is 11.6 Å². The lowest BCUT2D eigenvalue weighted by Crippen LogP contribution is -2.41. The second kappa shape index (κ2) is 9.15. The van der Waals surface area contributed by atoms with Crippen molar-refractivity contribution in [2.24, 2.45) is 0 Å². The highest BCUT2D eigenvalue weighted by molar-refractivity contribution is 6.30. The van der Waals surface area contributed by atoms with Gasteiger partial charge in [0.1, 0.15) is 18.1 Å². The summed E-state index contributed by atoms with van der Waals surface area (Å²) in [6.07, 6.45) is 0. The van der Waals surface area contributed by atoms with E-state index in [9.17, 15) is 14.0 Å². The van der Waals surface area contributed by atoms with Crippen LogP contribution in [0.25, 0.3) is 10.8 Å². The quantitative estimate of drug-likeness (QED) is 0.420. The van der Waals surface area contributed by atoms with Crippen molar-refractivity contribution in [2.75, 3.05) is 18.5 Å². The van der Waals surface area contributed by atoms with Crippen molar-refractivity contribution in [3.63, 3.8) is 0 Å². The van der Waals surface area contributed by atoms with Crippen molar-refractivity contribution in [1.29, 1.82) is 0 Å². The molecule has 0 spiro atoms. The zero-order valence-electron chi connectivity index (χ0n) is 18.0. The number of rotatable bonds is 4. The predicted molar refractivity (Wildman–Crippen MR) is 129 cm³/mol. The summed E-state index contributed by atoms with van der Waals surface area (Å²) in [5.41, 5.74) is 1.85. The van der Waals surface area contributed by atoms with E-state index < -0.39 is 11.9 Å². The number of halogens is 2. The van der Waals surface area contributed by atoms with Crippen LogP contribution in [0.15, 0.2) is 84.9 Å². The molecule has 0 saturated heterocycles. The number of hydrogen-bond donors (Lipinski definition) is 1. The molecule has 1 atom stereocenters. The van der Waals surface area contributed by atoms with Gasteiger partial charge in [0.05, 0.1) is 6.04 Å². The molecule has 7 heteroatoms. The highest BCUT2D eigenvalue weighted by atomic mass is 35.5. The van der Waals surface area contributed by atoms with Gasteiger partial charge in [-0.05, 0) is 58.8 Å². The second-order valence-electron chi connectivity index (χ2n) is 8.05. The van der Waals surface area contributed by atoms with Crippen molar-refractivity contribution in [3.8, 4) is 5.75 Å². The molecule has 4 aromatic rings. The fourth-order valence-corrected chi connectivity index (χ4v) is 4.38. The van der Waals surface area contributed by atoms with Crippen LogP contribution in [0.5, 0.6) is 5.75 Å². The van der Waals surface area contributed by atoms with Crippen LogP contribution in [-0.4, -0.2) is 29.9 Å². The standard InChI is InChI=1S/C27H20ClFN2O3/c28-20-8-12-24-23(14-20)27(18-5-9-21(29)10-6-18)31(15-25(32)30-24)26(33)16-34-22-11-7-17-3-1-2-4-19(17)13-22/h1-14,27H,15-16H2,(H,30,32)/t27-/m0/s1. The van der Waals surface area contributed by atoms with Crippen molar-refractivity contribution >= 4 is 39.9 Å². The molecule has 1 aliphatic rings. The number of ether oxygens (including phenoxy) is 1. The minimum absolute atomic E-state index is 0.186. The molecule has 2 amide bonds. The van der Waals surface area contributed by atoms with Crippen molar-refractivity contribution < 1.29 is 18.7 Å². The van der Waals surface area contributed by atoms with Gasteiger partial charge in [0.15, 0.2) is 6.61 Å². The van der Waals surface area contributed by atoms with Gasteiger partial charge in [0.25, 0.3) is 5.91 Å². The molecule has 170 valence electrons. The third-order valence-corrected chi connectivity index (χ3v) is 6.03. The number of hydrogen-bond acceptors (Lipinski definition) is 3. The zero-order chi connectivity index (χ0) is 23.7. The van der Waals surface area contributed by atoms with Crippen LogP contribution in [0.2, 0.25) is 5.02 Å². The van der Waals surface area contributed by atoms with Gasteiger partial charge in [0, 0.05) is 16.3 Å². The van der Waals surface area contributed by atoms with Gasteiger partial charge in [-0.2, -0.15) is 0 Å². The Kier molecular flexibility index (Phi) is 5.90. The van der Waals surface area contributed by atoms with Gasteiger partial charge in [-0.25, -0.2) is 4.39 Å². The van der Waals surface area contributed by atoms with E-state index in [1.54, 1.807) is 36.4 Å². The Labute approximate surface area is 200 Å². The van der Waals surface area contributed by atoms with E-state index in [-0.39, 0.29) is 25.0 Å². The fourth-order valence-electron chi connectivity index (χ4n) is 4.20. The number of carbonyl (C=O) groups is 2. The summed E-state index contributed by atoms with van der Waals surface area (Å²) < 4.78 is 19.5. The summed E-state index contributed by atoms with van der Waals surface area (Å²) in [6, 6.07) is 23.7. The Hall–Kier alpha value is -3.90. The molecule has 0 unspecified atom stereocenters. The molecule has 5 rings (SSSR count). The Bertz CT molecular complexity index is 1390. The van der Waals surface area contributed by atoms with Gasteiger partial charge in [-0.1, -0.05) is 54.1 Å². The number of nitrogens with one attached hydrogen (secondary N) is 1. The van der Waals surface area contributed by atoms with E-state index in [0.29, 0.717) is 27.6 Å². The number of carbonyl (C=O) groups excluding carboxylic acids is 2. The molecular weight excluding hydrogens is 455 g/mol. The van der Waals surface area contributed by atoms with Crippen molar-refractivity contribution in [3.05, 3.63) is 107 Å². The minimum Gasteiger partial charge on any atom is -0.484 e. The monoisotopic (exact) mass is 474 g/mol. The maximum absolute atomic E-state index is 13.6. The van der Waals surface area contributed by atoms with Gasteiger partial charge in [-0.15, -0.1) is 0 Å². The average molecular weight is 475 g/mol. The molecule has 0 aliphatic carbocycles. The first-order valence-corrected chi connectivity index (χ1v) is 11.1. The third-order valence-electron chi connectivity index (χ3n) is 5.80. The maximum Gasteiger partial charge on any atom is 0.261 e. The first-order valence-electron chi connectivity index (χ1n) is 10.7. The van der Waals surface area contributed by atoms with E-state index in [0.717, 1.165) is 10.8 Å². The third kappa shape index (κ3) is 4.45. The lowest BCUT2D eigenvalue weighted by Gasteiger charge is -2.30. The lowest BCUT2D eigenvalue weighted by atomic mass is 9.95. The lowest BCUT2D eigenvalue weighted by molar-refractivity contribution is -0.138. The summed E-state index contributed by atoms with van der Waals surface area (Å²) in [4.78, 5) is 27.5. The molecule has 0 aromatic heterocycles. The van der Waals surface area contributed by atoms with Gasteiger partial charge in [0.2, 0.25) is 5.91 Å². The van der Waals surface area contributed by atoms with E-state index in [2.05, 4.69) is 5.32 Å². The molecule has 5 nitrogen and oxygen atoms in total. The molecule has 0 saturated carbocycles. The first-order chi connectivity index (χ1) is 16.5. The maximum atomic E-state index is 13.6. The van der Waals surface area contributed by atoms with Gasteiger partial charge >= 0.3 is 0 Å². The molecule has 1 aliphatic heterocycles.